The lowest BCUT2D eigenvalue weighted by atomic mass is 9.98. The first-order valence-electron chi connectivity index (χ1n) is 6.69. The van der Waals surface area contributed by atoms with Crippen LogP contribution >= 0.6 is 0 Å². The van der Waals surface area contributed by atoms with Gasteiger partial charge >= 0.3 is 11.4 Å². The van der Waals surface area contributed by atoms with Crippen LogP contribution in [0.15, 0.2) is 24.3 Å². The molecule has 1 N–H and O–H groups in total. The number of benzene rings is 1. The fourth-order valence-electron chi connectivity index (χ4n) is 2.40. The molecule has 2 unspecified atom stereocenters. The highest BCUT2D eigenvalue weighted by molar-refractivity contribution is 7.74. The first-order valence-corrected chi connectivity index (χ1v) is 7.72. The van der Waals surface area contributed by atoms with Gasteiger partial charge in [0.2, 0.25) is 0 Å². The molecule has 1 aliphatic rings. The smallest absolute Gasteiger partial charge is 0.302 e. The highest BCUT2D eigenvalue weighted by Crippen LogP contribution is 2.25. The van der Waals surface area contributed by atoms with Crippen LogP contribution in [0.4, 0.5) is 5.69 Å². The zero-order valence-electron chi connectivity index (χ0n) is 11.4. The summed E-state index contributed by atoms with van der Waals surface area (Å²) < 4.78 is 24.2. The van der Waals surface area contributed by atoms with Crippen LogP contribution in [0, 0.1) is 5.92 Å². The van der Waals surface area contributed by atoms with E-state index in [1.54, 1.807) is 6.92 Å². The van der Waals surface area contributed by atoms with Gasteiger partial charge in [-0.25, -0.2) is 0 Å². The molecular weight excluding hydrogens is 262 g/mol. The van der Waals surface area contributed by atoms with Gasteiger partial charge in [-0.15, -0.1) is 0 Å². The van der Waals surface area contributed by atoms with E-state index >= 15 is 0 Å². The van der Waals surface area contributed by atoms with Gasteiger partial charge in [0.15, 0.2) is 0 Å². The molecule has 2 rings (SSSR count). The first kappa shape index (κ1) is 14.5. The standard InChI is InChI=1S/C14H21NO3S/c1-11-7-9-15(10-8-11)14-5-3-13(4-6-14)12(2)18-19(16)17/h3-6,11-12H,7-10H2,1-2H3,(H,16,17). The summed E-state index contributed by atoms with van der Waals surface area (Å²) in [5.41, 5.74) is 2.13. The van der Waals surface area contributed by atoms with Crippen molar-refractivity contribution >= 4 is 17.0 Å². The zero-order chi connectivity index (χ0) is 13.8. The second-order valence-electron chi connectivity index (χ2n) is 5.22. The van der Waals surface area contributed by atoms with Crippen molar-refractivity contribution in [3.05, 3.63) is 29.8 Å². The predicted octanol–water partition coefficient (Wildman–Crippen LogP) is 3.14. The van der Waals surface area contributed by atoms with E-state index < -0.39 is 11.4 Å². The summed E-state index contributed by atoms with van der Waals surface area (Å²) in [6.07, 6.45) is 2.11. The highest BCUT2D eigenvalue weighted by atomic mass is 32.2. The first-order chi connectivity index (χ1) is 9.06. The van der Waals surface area contributed by atoms with E-state index in [1.807, 2.05) is 12.1 Å². The fraction of sp³-hybridized carbons (Fsp3) is 0.571. The van der Waals surface area contributed by atoms with Crippen LogP contribution in [0.3, 0.4) is 0 Å². The van der Waals surface area contributed by atoms with E-state index in [0.717, 1.165) is 24.6 Å². The average Bonchev–Trinajstić information content (AvgIpc) is 2.39. The van der Waals surface area contributed by atoms with Crippen LogP contribution in [0.5, 0.6) is 0 Å². The Bertz CT molecular complexity index is 427. The van der Waals surface area contributed by atoms with Crippen LogP contribution in [0.1, 0.15) is 38.4 Å². The van der Waals surface area contributed by atoms with Crippen LogP contribution in [0.2, 0.25) is 0 Å². The number of rotatable bonds is 4. The molecule has 106 valence electrons. The topological polar surface area (TPSA) is 49.8 Å². The molecule has 2 atom stereocenters. The Balaban J connectivity index is 2.00. The van der Waals surface area contributed by atoms with Gasteiger partial charge in [-0.1, -0.05) is 19.1 Å². The maximum absolute atomic E-state index is 10.6. The summed E-state index contributed by atoms with van der Waals surface area (Å²) in [4.78, 5) is 2.39. The van der Waals surface area contributed by atoms with Gasteiger partial charge in [-0.2, -0.15) is 4.21 Å². The molecule has 0 saturated carbocycles. The van der Waals surface area contributed by atoms with Crippen molar-refractivity contribution in [2.24, 2.45) is 5.92 Å². The lowest BCUT2D eigenvalue weighted by Crippen LogP contribution is -2.32. The second-order valence-corrected chi connectivity index (χ2v) is 5.84. The van der Waals surface area contributed by atoms with Crippen LogP contribution in [-0.4, -0.2) is 21.9 Å². The monoisotopic (exact) mass is 283 g/mol. The maximum Gasteiger partial charge on any atom is 0.302 e. The predicted molar refractivity (Wildman–Crippen MR) is 77.3 cm³/mol. The van der Waals surface area contributed by atoms with Crippen LogP contribution in [-0.2, 0) is 15.5 Å². The van der Waals surface area contributed by atoms with E-state index in [-0.39, 0.29) is 6.10 Å². The number of nitrogens with zero attached hydrogens (tertiary/aromatic N) is 1. The number of anilines is 1. The van der Waals surface area contributed by atoms with Gasteiger partial charge in [-0.05, 0) is 43.4 Å². The quantitative estimate of drug-likeness (QED) is 0.862. The van der Waals surface area contributed by atoms with Crippen molar-refractivity contribution in [3.63, 3.8) is 0 Å². The SMILES string of the molecule is CC1CCN(c2ccc(C(C)OS(=O)O)cc2)CC1. The van der Waals surface area contributed by atoms with Crippen molar-refractivity contribution in [3.8, 4) is 0 Å². The molecule has 1 aromatic rings. The molecule has 4 nitrogen and oxygen atoms in total. The Kier molecular flexibility index (Phi) is 4.96. The molecule has 5 heteroatoms. The Morgan fingerprint density at radius 1 is 1.32 bits per heavy atom. The van der Waals surface area contributed by atoms with E-state index in [1.165, 1.54) is 18.5 Å². The molecule has 0 spiro atoms. The van der Waals surface area contributed by atoms with Gasteiger partial charge in [-0.3, -0.25) is 8.74 Å². The van der Waals surface area contributed by atoms with Gasteiger partial charge in [0.25, 0.3) is 0 Å². The molecule has 1 aromatic carbocycles. The molecule has 0 amide bonds. The van der Waals surface area contributed by atoms with Crippen molar-refractivity contribution in [1.29, 1.82) is 0 Å². The summed E-state index contributed by atoms with van der Waals surface area (Å²) in [7, 11) is 0. The largest absolute Gasteiger partial charge is 0.372 e. The van der Waals surface area contributed by atoms with Crippen molar-refractivity contribution < 1.29 is 12.9 Å². The Morgan fingerprint density at radius 3 is 2.42 bits per heavy atom. The number of hydrogen-bond acceptors (Lipinski definition) is 3. The van der Waals surface area contributed by atoms with Gasteiger partial charge in [0.05, 0.1) is 6.10 Å². The van der Waals surface area contributed by atoms with E-state index in [9.17, 15) is 4.21 Å². The average molecular weight is 283 g/mol. The number of hydrogen-bond donors (Lipinski definition) is 1. The molecule has 1 saturated heterocycles. The molecule has 19 heavy (non-hydrogen) atoms. The van der Waals surface area contributed by atoms with E-state index in [4.69, 9.17) is 8.74 Å². The Hall–Kier alpha value is -0.910. The minimum Gasteiger partial charge on any atom is -0.372 e. The minimum atomic E-state index is -2.22. The highest BCUT2D eigenvalue weighted by Gasteiger charge is 2.16. The Labute approximate surface area is 117 Å². The third kappa shape index (κ3) is 4.03. The van der Waals surface area contributed by atoms with Crippen molar-refractivity contribution in [1.82, 2.24) is 0 Å². The second kappa shape index (κ2) is 6.50. The normalized spacial score (nSPS) is 20.3. The Morgan fingerprint density at radius 2 is 1.89 bits per heavy atom. The van der Waals surface area contributed by atoms with Gasteiger partial charge < -0.3 is 4.90 Å². The zero-order valence-corrected chi connectivity index (χ0v) is 12.2. The lowest BCUT2D eigenvalue weighted by Gasteiger charge is -2.32. The number of piperidine rings is 1. The third-order valence-electron chi connectivity index (χ3n) is 3.74. The summed E-state index contributed by atoms with van der Waals surface area (Å²) in [6, 6.07) is 8.05. The van der Waals surface area contributed by atoms with Gasteiger partial charge in [0, 0.05) is 18.8 Å². The molecule has 0 radical (unpaired) electrons. The lowest BCUT2D eigenvalue weighted by molar-refractivity contribution is 0.227. The molecule has 1 heterocycles. The molecule has 0 aliphatic carbocycles. The molecular formula is C14H21NO3S. The molecule has 1 fully saturated rings. The van der Waals surface area contributed by atoms with E-state index in [2.05, 4.69) is 24.0 Å². The minimum absolute atomic E-state index is 0.374. The summed E-state index contributed by atoms with van der Waals surface area (Å²) in [5.74, 6) is 0.823. The summed E-state index contributed by atoms with van der Waals surface area (Å²) in [5, 5.41) is 0. The van der Waals surface area contributed by atoms with Crippen molar-refractivity contribution in [2.45, 2.75) is 32.8 Å². The van der Waals surface area contributed by atoms with Crippen molar-refractivity contribution in [2.75, 3.05) is 18.0 Å². The van der Waals surface area contributed by atoms with E-state index in [0.29, 0.717) is 0 Å². The molecule has 0 bridgehead atoms. The molecule has 0 aromatic heterocycles. The van der Waals surface area contributed by atoms with Crippen LogP contribution in [0.25, 0.3) is 0 Å². The fourth-order valence-corrected chi connectivity index (χ4v) is 2.76. The van der Waals surface area contributed by atoms with Gasteiger partial charge in [0.1, 0.15) is 0 Å². The van der Waals surface area contributed by atoms with Crippen LogP contribution < -0.4 is 4.90 Å². The summed E-state index contributed by atoms with van der Waals surface area (Å²) >= 11 is -2.22. The third-order valence-corrected chi connectivity index (χ3v) is 4.19. The summed E-state index contributed by atoms with van der Waals surface area (Å²) in [6.45, 7) is 6.28. The molecule has 1 aliphatic heterocycles. The maximum atomic E-state index is 10.6.